The van der Waals surface area contributed by atoms with Gasteiger partial charge in [-0.25, -0.2) is 4.39 Å². The Bertz CT molecular complexity index is 341. The van der Waals surface area contributed by atoms with E-state index in [4.69, 9.17) is 5.21 Å². The van der Waals surface area contributed by atoms with Crippen LogP contribution >= 0.6 is 0 Å². The maximum absolute atomic E-state index is 12.6. The van der Waals surface area contributed by atoms with Crippen LogP contribution in [0.25, 0.3) is 0 Å². The van der Waals surface area contributed by atoms with Crippen LogP contribution in [0.15, 0.2) is 23.4 Å². The lowest BCUT2D eigenvalue weighted by Crippen LogP contribution is -2.04. The molecule has 0 aliphatic rings. The molecular weight excluding hydrogens is 199 g/mol. The summed E-state index contributed by atoms with van der Waals surface area (Å²) in [7, 11) is 0. The fourth-order valence-corrected chi connectivity index (χ4v) is 0.886. The van der Waals surface area contributed by atoms with E-state index in [9.17, 15) is 13.2 Å². The van der Waals surface area contributed by atoms with Crippen LogP contribution in [0, 0.1) is 5.82 Å². The van der Waals surface area contributed by atoms with Gasteiger partial charge in [0, 0.05) is 5.56 Å². The summed E-state index contributed by atoms with van der Waals surface area (Å²) in [4.78, 5) is 0. The van der Waals surface area contributed by atoms with Crippen molar-refractivity contribution in [3.8, 4) is 5.75 Å². The van der Waals surface area contributed by atoms with Gasteiger partial charge in [-0.05, 0) is 18.2 Å². The Morgan fingerprint density at radius 1 is 1.43 bits per heavy atom. The maximum Gasteiger partial charge on any atom is 0.387 e. The van der Waals surface area contributed by atoms with E-state index in [1.807, 2.05) is 0 Å². The number of ether oxygens (including phenoxy) is 1. The van der Waals surface area contributed by atoms with Gasteiger partial charge in [0.25, 0.3) is 0 Å². The molecule has 0 amide bonds. The lowest BCUT2D eigenvalue weighted by Gasteiger charge is -2.06. The molecule has 0 heterocycles. The monoisotopic (exact) mass is 205 g/mol. The van der Waals surface area contributed by atoms with Gasteiger partial charge in [-0.2, -0.15) is 8.78 Å². The Balaban J connectivity index is 3.01. The number of benzene rings is 1. The zero-order valence-electron chi connectivity index (χ0n) is 6.82. The summed E-state index contributed by atoms with van der Waals surface area (Å²) >= 11 is 0. The van der Waals surface area contributed by atoms with Gasteiger partial charge in [-0.3, -0.25) is 0 Å². The smallest absolute Gasteiger partial charge is 0.387 e. The van der Waals surface area contributed by atoms with Gasteiger partial charge in [0.2, 0.25) is 0 Å². The first-order chi connectivity index (χ1) is 6.63. The molecule has 0 radical (unpaired) electrons. The zero-order valence-corrected chi connectivity index (χ0v) is 6.82. The molecule has 0 aromatic heterocycles. The fourth-order valence-electron chi connectivity index (χ4n) is 0.886. The van der Waals surface area contributed by atoms with E-state index < -0.39 is 12.4 Å². The van der Waals surface area contributed by atoms with Gasteiger partial charge in [-0.15, -0.1) is 0 Å². The molecule has 0 spiro atoms. The van der Waals surface area contributed by atoms with Crippen molar-refractivity contribution in [3.63, 3.8) is 0 Å². The van der Waals surface area contributed by atoms with Gasteiger partial charge in [-0.1, -0.05) is 5.16 Å². The van der Waals surface area contributed by atoms with E-state index in [0.717, 1.165) is 24.4 Å². The summed E-state index contributed by atoms with van der Waals surface area (Å²) in [6, 6.07) is 2.91. The van der Waals surface area contributed by atoms with Crippen LogP contribution in [0.4, 0.5) is 13.2 Å². The molecule has 0 aliphatic heterocycles. The van der Waals surface area contributed by atoms with Crippen molar-refractivity contribution in [3.05, 3.63) is 29.6 Å². The number of oxime groups is 1. The Kier molecular flexibility index (Phi) is 3.33. The molecule has 0 fully saturated rings. The van der Waals surface area contributed by atoms with Crippen LogP contribution in [0.2, 0.25) is 0 Å². The van der Waals surface area contributed by atoms with E-state index in [2.05, 4.69) is 9.89 Å². The summed E-state index contributed by atoms with van der Waals surface area (Å²) in [5, 5.41) is 10.8. The number of hydrogen-bond donors (Lipinski definition) is 1. The van der Waals surface area contributed by atoms with Crippen molar-refractivity contribution in [2.75, 3.05) is 0 Å². The normalized spacial score (nSPS) is 11.1. The Morgan fingerprint density at radius 3 is 2.71 bits per heavy atom. The second-order valence-electron chi connectivity index (χ2n) is 2.31. The molecule has 1 N–H and O–H groups in total. The average Bonchev–Trinajstić information content (AvgIpc) is 2.09. The van der Waals surface area contributed by atoms with Crippen molar-refractivity contribution in [2.24, 2.45) is 5.16 Å². The molecular formula is C8H6F3NO2. The summed E-state index contributed by atoms with van der Waals surface area (Å²) in [5.74, 6) is -0.888. The predicted molar refractivity (Wildman–Crippen MR) is 42.4 cm³/mol. The fraction of sp³-hybridized carbons (Fsp3) is 0.125. The number of alkyl halides is 2. The number of nitrogens with zero attached hydrogens (tertiary/aromatic N) is 1. The molecule has 6 heteroatoms. The van der Waals surface area contributed by atoms with E-state index in [1.165, 1.54) is 0 Å². The van der Waals surface area contributed by atoms with Crippen molar-refractivity contribution in [1.29, 1.82) is 0 Å². The Morgan fingerprint density at radius 2 is 2.14 bits per heavy atom. The highest BCUT2D eigenvalue weighted by molar-refractivity contribution is 5.83. The summed E-state index contributed by atoms with van der Waals surface area (Å²) in [6.07, 6.45) is 0.806. The first-order valence-electron chi connectivity index (χ1n) is 3.55. The van der Waals surface area contributed by atoms with Gasteiger partial charge >= 0.3 is 6.61 Å². The molecule has 0 atom stereocenters. The summed E-state index contributed by atoms with van der Waals surface area (Å²) in [6.45, 7) is -3.01. The highest BCUT2D eigenvalue weighted by Crippen LogP contribution is 2.19. The van der Waals surface area contributed by atoms with Gasteiger partial charge in [0.1, 0.15) is 11.6 Å². The zero-order chi connectivity index (χ0) is 10.6. The second-order valence-corrected chi connectivity index (χ2v) is 2.31. The van der Waals surface area contributed by atoms with E-state index >= 15 is 0 Å². The average molecular weight is 205 g/mol. The van der Waals surface area contributed by atoms with Crippen LogP contribution in [-0.4, -0.2) is 18.0 Å². The third-order valence-electron chi connectivity index (χ3n) is 1.38. The largest absolute Gasteiger partial charge is 0.434 e. The summed E-state index contributed by atoms with van der Waals surface area (Å²) in [5.41, 5.74) is -0.0622. The van der Waals surface area contributed by atoms with Crippen molar-refractivity contribution in [2.45, 2.75) is 6.61 Å². The SMILES string of the molecule is O/N=C/c1cc(F)ccc1OC(F)F. The predicted octanol–water partition coefficient (Wildman–Crippen LogP) is 2.24. The lowest BCUT2D eigenvalue weighted by molar-refractivity contribution is -0.0499. The van der Waals surface area contributed by atoms with Gasteiger partial charge in [0.15, 0.2) is 0 Å². The molecule has 3 nitrogen and oxygen atoms in total. The van der Waals surface area contributed by atoms with Gasteiger partial charge in [0.05, 0.1) is 6.21 Å². The molecule has 1 rings (SSSR count). The van der Waals surface area contributed by atoms with Crippen LogP contribution in [0.1, 0.15) is 5.56 Å². The molecule has 0 saturated carbocycles. The first-order valence-corrected chi connectivity index (χ1v) is 3.55. The van der Waals surface area contributed by atoms with E-state index in [1.54, 1.807) is 0 Å². The highest BCUT2D eigenvalue weighted by Gasteiger charge is 2.09. The molecule has 0 bridgehead atoms. The molecule has 1 aromatic rings. The van der Waals surface area contributed by atoms with Crippen LogP contribution in [0.3, 0.4) is 0 Å². The second kappa shape index (κ2) is 4.50. The molecule has 0 aliphatic carbocycles. The standard InChI is InChI=1S/C8H6F3NO2/c9-6-1-2-7(14-8(10)11)5(3-6)4-12-13/h1-4,8,13H/b12-4+. The first kappa shape index (κ1) is 10.4. The van der Waals surface area contributed by atoms with E-state index in [0.29, 0.717) is 0 Å². The lowest BCUT2D eigenvalue weighted by atomic mass is 10.2. The van der Waals surface area contributed by atoms with Crippen molar-refractivity contribution in [1.82, 2.24) is 0 Å². The Labute approximate surface area is 77.4 Å². The quantitative estimate of drug-likeness (QED) is 0.467. The van der Waals surface area contributed by atoms with Gasteiger partial charge < -0.3 is 9.94 Å². The molecule has 76 valence electrons. The molecule has 0 saturated heterocycles. The number of halogens is 3. The maximum atomic E-state index is 12.6. The number of hydrogen-bond acceptors (Lipinski definition) is 3. The van der Waals surface area contributed by atoms with Crippen LogP contribution in [0.5, 0.6) is 5.75 Å². The topological polar surface area (TPSA) is 41.8 Å². The number of rotatable bonds is 3. The molecule has 1 aromatic carbocycles. The van der Waals surface area contributed by atoms with Crippen LogP contribution in [-0.2, 0) is 0 Å². The molecule has 0 unspecified atom stereocenters. The Hall–Kier alpha value is -1.72. The van der Waals surface area contributed by atoms with E-state index in [-0.39, 0.29) is 11.3 Å². The minimum Gasteiger partial charge on any atom is -0.434 e. The van der Waals surface area contributed by atoms with Crippen molar-refractivity contribution < 1.29 is 23.1 Å². The third kappa shape index (κ3) is 2.65. The van der Waals surface area contributed by atoms with Crippen molar-refractivity contribution >= 4 is 6.21 Å². The minimum atomic E-state index is -3.01. The third-order valence-corrected chi connectivity index (χ3v) is 1.38. The molecule has 14 heavy (non-hydrogen) atoms. The van der Waals surface area contributed by atoms with Crippen LogP contribution < -0.4 is 4.74 Å². The summed E-state index contributed by atoms with van der Waals surface area (Å²) < 4.78 is 40.3. The minimum absolute atomic E-state index is 0.0622. The highest BCUT2D eigenvalue weighted by atomic mass is 19.3.